The predicted molar refractivity (Wildman–Crippen MR) is 79.9 cm³/mol. The number of carbonyl (C=O) groups is 1. The number of H-pyrrole nitrogens is 1. The van der Waals surface area contributed by atoms with Crippen LogP contribution in [0.5, 0.6) is 0 Å². The molecule has 116 valence electrons. The van der Waals surface area contributed by atoms with Crippen molar-refractivity contribution in [1.29, 1.82) is 0 Å². The van der Waals surface area contributed by atoms with Crippen molar-refractivity contribution < 1.29 is 13.6 Å². The van der Waals surface area contributed by atoms with Gasteiger partial charge in [0, 0.05) is 18.3 Å². The molecule has 1 heterocycles. The molecule has 0 saturated carbocycles. The number of amides is 1. The van der Waals surface area contributed by atoms with Gasteiger partial charge in [0.25, 0.3) is 0 Å². The van der Waals surface area contributed by atoms with E-state index in [2.05, 4.69) is 10.3 Å². The number of aromatic nitrogens is 2. The zero-order valence-corrected chi connectivity index (χ0v) is 12.6. The smallest absolute Gasteiger partial charge is 0.207 e. The minimum atomic E-state index is -0.558. The number of nitrogens with zero attached hydrogens (tertiary/aromatic N) is 1. The number of carbonyl (C=O) groups excluding carboxylic acids is 1. The molecule has 1 aromatic carbocycles. The van der Waals surface area contributed by atoms with E-state index in [1.807, 2.05) is 4.57 Å². The second-order valence-electron chi connectivity index (χ2n) is 5.38. The van der Waals surface area contributed by atoms with E-state index in [1.165, 1.54) is 6.07 Å². The molecule has 1 aliphatic carbocycles. The normalized spacial score (nSPS) is 17.1. The molecule has 0 radical (unpaired) electrons. The average Bonchev–Trinajstić information content (AvgIpc) is 2.85. The summed E-state index contributed by atoms with van der Waals surface area (Å²) in [6, 6.07) is 2.35. The van der Waals surface area contributed by atoms with Gasteiger partial charge in [0.15, 0.2) is 4.77 Å². The Morgan fingerprint density at radius 3 is 3.05 bits per heavy atom. The third-order valence-corrected chi connectivity index (χ3v) is 4.37. The number of hydrogen-bond acceptors (Lipinski definition) is 2. The van der Waals surface area contributed by atoms with Crippen molar-refractivity contribution in [2.75, 3.05) is 0 Å². The number of hydrogen-bond donors (Lipinski definition) is 2. The number of aromatic amines is 1. The topological polar surface area (TPSA) is 49.8 Å². The molecule has 1 aromatic heterocycles. The second-order valence-corrected chi connectivity index (χ2v) is 5.76. The number of nitrogens with one attached hydrogen (secondary N) is 2. The maximum Gasteiger partial charge on any atom is 0.207 e. The lowest BCUT2D eigenvalue weighted by molar-refractivity contribution is -0.109. The zero-order valence-electron chi connectivity index (χ0n) is 11.7. The Labute approximate surface area is 131 Å². The first-order chi connectivity index (χ1) is 10.6. The third kappa shape index (κ3) is 2.68. The highest BCUT2D eigenvalue weighted by atomic mass is 32.1. The van der Waals surface area contributed by atoms with Crippen molar-refractivity contribution in [2.45, 2.75) is 31.8 Å². The molecule has 1 amide bonds. The highest BCUT2D eigenvalue weighted by Crippen LogP contribution is 2.32. The van der Waals surface area contributed by atoms with Crippen LogP contribution in [-0.4, -0.2) is 16.0 Å². The van der Waals surface area contributed by atoms with E-state index in [9.17, 15) is 13.6 Å². The maximum absolute atomic E-state index is 13.8. The highest BCUT2D eigenvalue weighted by molar-refractivity contribution is 7.71. The molecule has 0 aliphatic heterocycles. The number of imidazole rings is 1. The standard InChI is InChI=1S/C15H15F2N3OS/c16-10-3-9-4-11(1-2-13(9)14(17)5-10)20-12(6-18-8-21)7-19-15(20)22/h3,5,7-8,11H,1-2,4,6H2,(H,18,21)(H,19,22). The molecule has 1 unspecified atom stereocenters. The van der Waals surface area contributed by atoms with Crippen LogP contribution in [0.4, 0.5) is 8.78 Å². The van der Waals surface area contributed by atoms with Gasteiger partial charge < -0.3 is 14.9 Å². The molecule has 3 rings (SSSR count). The van der Waals surface area contributed by atoms with E-state index in [4.69, 9.17) is 12.2 Å². The van der Waals surface area contributed by atoms with Crippen molar-refractivity contribution in [1.82, 2.24) is 14.9 Å². The van der Waals surface area contributed by atoms with Crippen molar-refractivity contribution in [3.63, 3.8) is 0 Å². The number of halogens is 2. The van der Waals surface area contributed by atoms with Crippen LogP contribution >= 0.6 is 12.2 Å². The fourth-order valence-electron chi connectivity index (χ4n) is 3.10. The minimum absolute atomic E-state index is 0.0240. The zero-order chi connectivity index (χ0) is 15.7. The lowest BCUT2D eigenvalue weighted by Gasteiger charge is -2.27. The Morgan fingerprint density at radius 2 is 2.27 bits per heavy atom. The van der Waals surface area contributed by atoms with Crippen molar-refractivity contribution in [3.05, 3.63) is 51.6 Å². The summed E-state index contributed by atoms with van der Waals surface area (Å²) >= 11 is 5.30. The Bertz CT molecular complexity index is 769. The predicted octanol–water partition coefficient (Wildman–Crippen LogP) is 2.80. The molecule has 7 heteroatoms. The first-order valence-electron chi connectivity index (χ1n) is 7.02. The maximum atomic E-state index is 13.8. The van der Waals surface area contributed by atoms with Crippen LogP contribution in [0.2, 0.25) is 0 Å². The SMILES string of the molecule is O=CNCc1c[nH]c(=S)n1C1CCc2c(F)cc(F)cc2C1. The molecule has 0 spiro atoms. The molecular weight excluding hydrogens is 308 g/mol. The van der Waals surface area contributed by atoms with Gasteiger partial charge in [0.1, 0.15) is 11.6 Å². The third-order valence-electron chi connectivity index (χ3n) is 4.06. The van der Waals surface area contributed by atoms with Gasteiger partial charge in [-0.25, -0.2) is 8.78 Å². The van der Waals surface area contributed by atoms with E-state index in [-0.39, 0.29) is 6.04 Å². The van der Waals surface area contributed by atoms with Crippen LogP contribution in [0.15, 0.2) is 18.3 Å². The van der Waals surface area contributed by atoms with Gasteiger partial charge in [-0.1, -0.05) is 0 Å². The van der Waals surface area contributed by atoms with E-state index < -0.39 is 11.6 Å². The number of benzene rings is 1. The van der Waals surface area contributed by atoms with Crippen LogP contribution in [0, 0.1) is 16.4 Å². The highest BCUT2D eigenvalue weighted by Gasteiger charge is 2.25. The van der Waals surface area contributed by atoms with Gasteiger partial charge in [0.2, 0.25) is 6.41 Å². The molecule has 1 atom stereocenters. The summed E-state index contributed by atoms with van der Waals surface area (Å²) in [5.74, 6) is -1.04. The van der Waals surface area contributed by atoms with Crippen LogP contribution in [-0.2, 0) is 24.2 Å². The summed E-state index contributed by atoms with van der Waals surface area (Å²) in [5.41, 5.74) is 2.13. The molecule has 2 N–H and O–H groups in total. The van der Waals surface area contributed by atoms with Crippen LogP contribution < -0.4 is 5.32 Å². The van der Waals surface area contributed by atoms with E-state index in [1.54, 1.807) is 6.20 Å². The van der Waals surface area contributed by atoms with Crippen molar-refractivity contribution >= 4 is 18.6 Å². The van der Waals surface area contributed by atoms with Crippen LogP contribution in [0.1, 0.15) is 29.3 Å². The largest absolute Gasteiger partial charge is 0.353 e. The summed E-state index contributed by atoms with van der Waals surface area (Å²) in [5, 5.41) is 2.61. The van der Waals surface area contributed by atoms with Crippen LogP contribution in [0.25, 0.3) is 0 Å². The van der Waals surface area contributed by atoms with Crippen molar-refractivity contribution in [2.24, 2.45) is 0 Å². The van der Waals surface area contributed by atoms with E-state index in [0.717, 1.165) is 18.2 Å². The average molecular weight is 323 g/mol. The lowest BCUT2D eigenvalue weighted by Crippen LogP contribution is -2.23. The van der Waals surface area contributed by atoms with Gasteiger partial charge in [-0.15, -0.1) is 0 Å². The molecule has 0 fully saturated rings. The summed E-state index contributed by atoms with van der Waals surface area (Å²) < 4.78 is 29.7. The van der Waals surface area contributed by atoms with Crippen molar-refractivity contribution in [3.8, 4) is 0 Å². The minimum Gasteiger partial charge on any atom is -0.353 e. The Hall–Kier alpha value is -2.02. The van der Waals surface area contributed by atoms with Gasteiger partial charge in [-0.3, -0.25) is 4.79 Å². The molecule has 1 aliphatic rings. The molecule has 2 aromatic rings. The quantitative estimate of drug-likeness (QED) is 0.671. The molecule has 0 bridgehead atoms. The van der Waals surface area contributed by atoms with Gasteiger partial charge in [-0.2, -0.15) is 0 Å². The van der Waals surface area contributed by atoms with Gasteiger partial charge in [-0.05, 0) is 48.7 Å². The Balaban J connectivity index is 1.93. The first kappa shape index (κ1) is 14.9. The number of rotatable bonds is 4. The summed E-state index contributed by atoms with van der Waals surface area (Å²) in [6.07, 6.45) is 4.15. The van der Waals surface area contributed by atoms with E-state index in [0.29, 0.717) is 41.7 Å². The Kier molecular flexibility index (Phi) is 4.06. The summed E-state index contributed by atoms with van der Waals surface area (Å²) in [4.78, 5) is 13.4. The fourth-order valence-corrected chi connectivity index (χ4v) is 3.43. The monoisotopic (exact) mass is 323 g/mol. The molecule has 0 saturated heterocycles. The fraction of sp³-hybridized carbons (Fsp3) is 0.333. The van der Waals surface area contributed by atoms with Gasteiger partial charge in [0.05, 0.1) is 12.2 Å². The molecular formula is C15H15F2N3OS. The lowest BCUT2D eigenvalue weighted by atomic mass is 9.87. The second kappa shape index (κ2) is 6.00. The summed E-state index contributed by atoms with van der Waals surface area (Å²) in [7, 11) is 0. The number of fused-ring (bicyclic) bond motifs is 1. The van der Waals surface area contributed by atoms with Crippen LogP contribution in [0.3, 0.4) is 0 Å². The van der Waals surface area contributed by atoms with E-state index >= 15 is 0 Å². The Morgan fingerprint density at radius 1 is 1.45 bits per heavy atom. The van der Waals surface area contributed by atoms with Gasteiger partial charge >= 0.3 is 0 Å². The summed E-state index contributed by atoms with van der Waals surface area (Å²) in [6.45, 7) is 0.359. The molecule has 22 heavy (non-hydrogen) atoms. The first-order valence-corrected chi connectivity index (χ1v) is 7.43. The molecule has 4 nitrogen and oxygen atoms in total.